The molecule has 0 saturated heterocycles. The van der Waals surface area contributed by atoms with E-state index in [1.807, 2.05) is 6.08 Å². The maximum absolute atomic E-state index is 12.5. The predicted octanol–water partition coefficient (Wildman–Crippen LogP) is 11.2. The van der Waals surface area contributed by atoms with E-state index < -0.39 is 19.9 Å². The van der Waals surface area contributed by atoms with E-state index in [4.69, 9.17) is 24.3 Å². The molecule has 48 heavy (non-hydrogen) atoms. The number of phosphoric acid groups is 1. The lowest BCUT2D eigenvalue weighted by Gasteiger charge is -2.19. The summed E-state index contributed by atoms with van der Waals surface area (Å²) < 4.78 is 33.0. The van der Waals surface area contributed by atoms with Crippen molar-refractivity contribution in [2.75, 3.05) is 26.4 Å². The summed E-state index contributed by atoms with van der Waals surface area (Å²) in [4.78, 5) is 22.3. The highest BCUT2D eigenvalue weighted by molar-refractivity contribution is 7.47. The van der Waals surface area contributed by atoms with E-state index in [9.17, 15) is 14.3 Å². The van der Waals surface area contributed by atoms with Gasteiger partial charge >= 0.3 is 13.8 Å². The van der Waals surface area contributed by atoms with Gasteiger partial charge in [0, 0.05) is 13.0 Å². The van der Waals surface area contributed by atoms with Crippen molar-refractivity contribution in [3.8, 4) is 0 Å². The van der Waals surface area contributed by atoms with Gasteiger partial charge in [0.2, 0.25) is 0 Å². The smallest absolute Gasteiger partial charge is 0.472 e. The van der Waals surface area contributed by atoms with E-state index in [1.165, 1.54) is 96.3 Å². The highest BCUT2D eigenvalue weighted by atomic mass is 31.2. The second-order valence-corrected chi connectivity index (χ2v) is 14.0. The molecule has 280 valence electrons. The largest absolute Gasteiger partial charge is 0.498 e. The van der Waals surface area contributed by atoms with Crippen molar-refractivity contribution in [1.29, 1.82) is 0 Å². The zero-order valence-corrected chi connectivity index (χ0v) is 31.6. The van der Waals surface area contributed by atoms with Crippen molar-refractivity contribution in [3.05, 3.63) is 48.8 Å². The molecule has 1 unspecified atom stereocenters. The van der Waals surface area contributed by atoms with E-state index in [2.05, 4.69) is 50.3 Å². The van der Waals surface area contributed by atoms with E-state index in [1.54, 1.807) is 6.26 Å². The van der Waals surface area contributed by atoms with Gasteiger partial charge in [-0.15, -0.1) is 0 Å². The number of hydrogen-bond acceptors (Lipinski definition) is 7. The maximum atomic E-state index is 12.5. The molecule has 8 nitrogen and oxygen atoms in total. The van der Waals surface area contributed by atoms with Crippen LogP contribution in [0.4, 0.5) is 0 Å². The van der Waals surface area contributed by atoms with Crippen molar-refractivity contribution in [2.45, 2.75) is 168 Å². The fourth-order valence-corrected chi connectivity index (χ4v) is 5.73. The Balaban J connectivity index is 4.23. The molecule has 0 heterocycles. The van der Waals surface area contributed by atoms with Crippen LogP contribution >= 0.6 is 7.82 Å². The summed E-state index contributed by atoms with van der Waals surface area (Å²) in [5.41, 5.74) is 5.34. The zero-order chi connectivity index (χ0) is 35.2. The molecule has 2 atom stereocenters. The first kappa shape index (κ1) is 46.3. The Morgan fingerprint density at radius 1 is 0.646 bits per heavy atom. The minimum Gasteiger partial charge on any atom is -0.498 e. The van der Waals surface area contributed by atoms with Gasteiger partial charge in [-0.1, -0.05) is 134 Å². The number of phosphoric ester groups is 1. The normalized spacial score (nSPS) is 14.1. The molecule has 0 aromatic heterocycles. The SMILES string of the molecule is CCCCCC=CCC=CCC=CCCCCC(=O)O[C@H](COC=CCCCCCCCCCCCCCC)COP(=O)(O)OCCN. The quantitative estimate of drug-likeness (QED) is 0.0218. The molecule has 0 aromatic rings. The first-order chi connectivity index (χ1) is 23.4. The van der Waals surface area contributed by atoms with Crippen LogP contribution in [0.5, 0.6) is 0 Å². The van der Waals surface area contributed by atoms with Crippen molar-refractivity contribution in [3.63, 3.8) is 0 Å². The minimum absolute atomic E-state index is 0.0163. The predicted molar refractivity (Wildman–Crippen MR) is 201 cm³/mol. The summed E-state index contributed by atoms with van der Waals surface area (Å²) in [7, 11) is -4.30. The van der Waals surface area contributed by atoms with E-state index in [0.29, 0.717) is 6.42 Å². The molecular weight excluding hydrogens is 625 g/mol. The number of rotatable bonds is 36. The molecule has 0 spiro atoms. The average Bonchev–Trinajstić information content (AvgIpc) is 3.07. The van der Waals surface area contributed by atoms with Gasteiger partial charge in [0.15, 0.2) is 6.10 Å². The summed E-state index contributed by atoms with van der Waals surface area (Å²) in [6.45, 7) is 4.15. The Bertz CT molecular complexity index is 874. The van der Waals surface area contributed by atoms with Gasteiger partial charge in [0.25, 0.3) is 0 Å². The van der Waals surface area contributed by atoms with Crippen LogP contribution in [-0.4, -0.2) is 43.3 Å². The second kappa shape index (κ2) is 36.6. The number of nitrogens with two attached hydrogens (primary N) is 1. The van der Waals surface area contributed by atoms with Gasteiger partial charge < -0.3 is 20.1 Å². The topological polar surface area (TPSA) is 117 Å². The molecule has 3 N–H and O–H groups in total. The summed E-state index contributed by atoms with van der Waals surface area (Å²) in [5.74, 6) is -0.391. The zero-order valence-electron chi connectivity index (χ0n) is 30.7. The van der Waals surface area contributed by atoms with Crippen LogP contribution in [0.3, 0.4) is 0 Å². The molecule has 0 radical (unpaired) electrons. The van der Waals surface area contributed by atoms with E-state index in [-0.39, 0.29) is 32.8 Å². The minimum atomic E-state index is -4.30. The lowest BCUT2D eigenvalue weighted by atomic mass is 10.0. The molecule has 0 fully saturated rings. The number of unbranched alkanes of at least 4 members (excludes halogenated alkanes) is 17. The molecule has 0 aromatic carbocycles. The van der Waals surface area contributed by atoms with Crippen LogP contribution in [0.25, 0.3) is 0 Å². The number of carbonyl (C=O) groups excluding carboxylic acids is 1. The molecular formula is C39H72NO7P. The summed E-state index contributed by atoms with van der Waals surface area (Å²) in [6.07, 6.45) is 42.2. The molecule has 0 bridgehead atoms. The molecule has 0 aliphatic rings. The Kier molecular flexibility index (Phi) is 35.3. The van der Waals surface area contributed by atoms with Crippen LogP contribution in [0.15, 0.2) is 48.8 Å². The Labute approximate surface area is 294 Å². The monoisotopic (exact) mass is 698 g/mol. The van der Waals surface area contributed by atoms with Crippen LogP contribution in [0, 0.1) is 0 Å². The maximum Gasteiger partial charge on any atom is 0.472 e. The second-order valence-electron chi connectivity index (χ2n) is 12.5. The molecule has 0 rings (SSSR count). The highest BCUT2D eigenvalue weighted by Gasteiger charge is 2.25. The fourth-order valence-electron chi connectivity index (χ4n) is 4.97. The van der Waals surface area contributed by atoms with Gasteiger partial charge in [-0.05, 0) is 63.9 Å². The molecule has 0 aliphatic heterocycles. The van der Waals surface area contributed by atoms with Crippen LogP contribution in [0.1, 0.15) is 162 Å². The average molecular weight is 698 g/mol. The number of hydrogen-bond donors (Lipinski definition) is 2. The van der Waals surface area contributed by atoms with Crippen molar-refractivity contribution in [2.24, 2.45) is 5.73 Å². The Morgan fingerprint density at radius 3 is 1.71 bits per heavy atom. The van der Waals surface area contributed by atoms with E-state index >= 15 is 0 Å². The van der Waals surface area contributed by atoms with Crippen molar-refractivity contribution < 1.29 is 32.8 Å². The van der Waals surface area contributed by atoms with Gasteiger partial charge in [-0.3, -0.25) is 13.8 Å². The van der Waals surface area contributed by atoms with Gasteiger partial charge in [-0.25, -0.2) is 4.57 Å². The lowest BCUT2D eigenvalue weighted by Crippen LogP contribution is -2.27. The Hall–Kier alpha value is -1.70. The summed E-state index contributed by atoms with van der Waals surface area (Å²) >= 11 is 0. The van der Waals surface area contributed by atoms with Gasteiger partial charge in [-0.2, -0.15) is 0 Å². The first-order valence-corrected chi connectivity index (χ1v) is 20.7. The third-order valence-electron chi connectivity index (χ3n) is 7.81. The first-order valence-electron chi connectivity index (χ1n) is 19.2. The molecule has 0 aliphatic carbocycles. The van der Waals surface area contributed by atoms with Crippen LogP contribution in [0.2, 0.25) is 0 Å². The summed E-state index contributed by atoms with van der Waals surface area (Å²) in [5, 5.41) is 0. The van der Waals surface area contributed by atoms with Crippen molar-refractivity contribution in [1.82, 2.24) is 0 Å². The third-order valence-corrected chi connectivity index (χ3v) is 8.80. The summed E-state index contributed by atoms with van der Waals surface area (Å²) in [6, 6.07) is 0. The number of carbonyl (C=O) groups is 1. The number of ether oxygens (including phenoxy) is 2. The molecule has 0 saturated carbocycles. The highest BCUT2D eigenvalue weighted by Crippen LogP contribution is 2.43. The van der Waals surface area contributed by atoms with Crippen LogP contribution < -0.4 is 5.73 Å². The van der Waals surface area contributed by atoms with Crippen LogP contribution in [-0.2, 0) is 27.9 Å². The van der Waals surface area contributed by atoms with Crippen molar-refractivity contribution >= 4 is 13.8 Å². The Morgan fingerprint density at radius 2 is 1.12 bits per heavy atom. The standard InChI is InChI=1S/C39H72NO7P/c1-3-5-7-9-11-13-15-17-19-20-22-24-26-28-30-32-39(41)47-38(37-46-48(42,43)45-35-33-40)36-44-34-31-29-27-25-23-21-18-16-14-12-10-8-6-4-2/h11,13,17,19,22,24,31,34,38H,3-10,12,14-16,18,20-21,23,25-30,32-33,35-37,40H2,1-2H3,(H,42,43)/t38-/m1/s1. The number of esters is 1. The van der Waals surface area contributed by atoms with Gasteiger partial charge in [0.05, 0.1) is 19.5 Å². The fraction of sp³-hybridized carbons (Fsp3) is 0.769. The lowest BCUT2D eigenvalue weighted by molar-refractivity contribution is -0.153. The van der Waals surface area contributed by atoms with E-state index in [0.717, 1.165) is 38.5 Å². The molecule has 0 amide bonds. The molecule has 9 heteroatoms. The van der Waals surface area contributed by atoms with Gasteiger partial charge in [0.1, 0.15) is 6.61 Å². The number of allylic oxidation sites excluding steroid dienone is 7. The third kappa shape index (κ3) is 35.6.